The molecule has 0 fully saturated rings. The van der Waals surface area contributed by atoms with Crippen molar-refractivity contribution in [3.63, 3.8) is 0 Å². The smallest absolute Gasteiger partial charge is 0.412 e. The molecule has 0 bridgehead atoms. The van der Waals surface area contributed by atoms with Crippen LogP contribution in [0.2, 0.25) is 0 Å². The highest BCUT2D eigenvalue weighted by Crippen LogP contribution is 2.23. The Balaban J connectivity index is 1.86. The van der Waals surface area contributed by atoms with Crippen LogP contribution in [0.4, 0.5) is 16.2 Å². The molecular formula is C16H14N2O4. The van der Waals surface area contributed by atoms with E-state index in [0.29, 0.717) is 0 Å². The topological polar surface area (TPSA) is 81.5 Å². The fourth-order valence-corrected chi connectivity index (χ4v) is 1.76. The fraction of sp³-hybridized carbons (Fsp3) is 0.0625. The number of para-hydroxylation sites is 2. The third-order valence-electron chi connectivity index (χ3n) is 2.76. The lowest BCUT2D eigenvalue weighted by atomic mass is 10.2. The molecule has 2 aromatic rings. The number of anilines is 1. The summed E-state index contributed by atoms with van der Waals surface area (Å²) in [5, 5.41) is 13.2. The average molecular weight is 298 g/mol. The van der Waals surface area contributed by atoms with Crippen LogP contribution in [-0.2, 0) is 4.74 Å². The lowest BCUT2D eigenvalue weighted by Gasteiger charge is -2.05. The van der Waals surface area contributed by atoms with E-state index in [2.05, 4.69) is 5.32 Å². The van der Waals surface area contributed by atoms with Gasteiger partial charge >= 0.3 is 6.09 Å². The highest BCUT2D eigenvalue weighted by atomic mass is 16.6. The number of amides is 1. The quantitative estimate of drug-likeness (QED) is 0.671. The van der Waals surface area contributed by atoms with Gasteiger partial charge in [-0.25, -0.2) is 4.79 Å². The second kappa shape index (κ2) is 7.58. The number of rotatable bonds is 5. The Morgan fingerprint density at radius 3 is 2.55 bits per heavy atom. The highest BCUT2D eigenvalue weighted by Gasteiger charge is 2.14. The SMILES string of the molecule is O=C(Nc1ccccc1[N+](=O)[O-])OC/C=C\c1ccccc1. The third-order valence-corrected chi connectivity index (χ3v) is 2.76. The highest BCUT2D eigenvalue weighted by molar-refractivity contribution is 5.87. The summed E-state index contributed by atoms with van der Waals surface area (Å²) in [6, 6.07) is 15.4. The van der Waals surface area contributed by atoms with Gasteiger partial charge in [-0.3, -0.25) is 15.4 Å². The Morgan fingerprint density at radius 1 is 1.14 bits per heavy atom. The molecule has 0 aliphatic carbocycles. The second-order valence-corrected chi connectivity index (χ2v) is 4.31. The first kappa shape index (κ1) is 15.2. The summed E-state index contributed by atoms with van der Waals surface area (Å²) in [6.07, 6.45) is 2.76. The molecule has 0 heterocycles. The third kappa shape index (κ3) is 4.45. The molecule has 2 rings (SSSR count). The van der Waals surface area contributed by atoms with E-state index < -0.39 is 11.0 Å². The Kier molecular flexibility index (Phi) is 5.25. The number of benzene rings is 2. The summed E-state index contributed by atoms with van der Waals surface area (Å²) in [5.41, 5.74) is 0.911. The molecule has 0 unspecified atom stereocenters. The number of nitrogens with one attached hydrogen (secondary N) is 1. The maximum absolute atomic E-state index is 11.6. The number of carbonyl (C=O) groups is 1. The largest absolute Gasteiger partial charge is 0.445 e. The van der Waals surface area contributed by atoms with Gasteiger partial charge < -0.3 is 4.74 Å². The molecule has 1 N–H and O–H groups in total. The zero-order valence-electron chi connectivity index (χ0n) is 11.6. The van der Waals surface area contributed by atoms with Crippen LogP contribution in [0.25, 0.3) is 6.08 Å². The van der Waals surface area contributed by atoms with E-state index in [-0.39, 0.29) is 18.0 Å². The predicted molar refractivity (Wildman–Crippen MR) is 83.5 cm³/mol. The lowest BCUT2D eigenvalue weighted by Crippen LogP contribution is -2.14. The van der Waals surface area contributed by atoms with Crippen molar-refractivity contribution < 1.29 is 14.5 Å². The summed E-state index contributed by atoms with van der Waals surface area (Å²) < 4.78 is 4.94. The molecule has 6 heteroatoms. The number of hydrogen-bond donors (Lipinski definition) is 1. The van der Waals surface area contributed by atoms with Crippen LogP contribution < -0.4 is 5.32 Å². The number of nitrogens with zero attached hydrogens (tertiary/aromatic N) is 1. The molecule has 0 spiro atoms. The summed E-state index contributed by atoms with van der Waals surface area (Å²) in [5.74, 6) is 0. The van der Waals surface area contributed by atoms with Crippen molar-refractivity contribution in [1.29, 1.82) is 0 Å². The molecule has 0 radical (unpaired) electrons. The Labute approximate surface area is 127 Å². The molecule has 0 saturated heterocycles. The van der Waals surface area contributed by atoms with E-state index in [9.17, 15) is 14.9 Å². The average Bonchev–Trinajstić information content (AvgIpc) is 2.53. The maximum Gasteiger partial charge on any atom is 0.412 e. The minimum atomic E-state index is -0.744. The molecule has 6 nitrogen and oxygen atoms in total. The molecule has 112 valence electrons. The van der Waals surface area contributed by atoms with Gasteiger partial charge in [0.25, 0.3) is 5.69 Å². The Bertz CT molecular complexity index is 684. The first-order chi connectivity index (χ1) is 10.7. The predicted octanol–water partition coefficient (Wildman–Crippen LogP) is 3.86. The van der Waals surface area contributed by atoms with Gasteiger partial charge in [-0.1, -0.05) is 48.5 Å². The van der Waals surface area contributed by atoms with Crippen LogP contribution in [0, 0.1) is 10.1 Å². The normalized spacial score (nSPS) is 10.4. The second-order valence-electron chi connectivity index (χ2n) is 4.31. The van der Waals surface area contributed by atoms with Crippen LogP contribution in [0.15, 0.2) is 60.7 Å². The zero-order chi connectivity index (χ0) is 15.8. The lowest BCUT2D eigenvalue weighted by molar-refractivity contribution is -0.383. The summed E-state index contributed by atoms with van der Waals surface area (Å²) in [7, 11) is 0. The number of ether oxygens (including phenoxy) is 1. The van der Waals surface area contributed by atoms with E-state index in [1.807, 2.05) is 36.4 Å². The summed E-state index contributed by atoms with van der Waals surface area (Å²) >= 11 is 0. The van der Waals surface area contributed by atoms with Crippen LogP contribution in [0.3, 0.4) is 0 Å². The number of nitro benzene ring substituents is 1. The minimum Gasteiger partial charge on any atom is -0.445 e. The van der Waals surface area contributed by atoms with Crippen molar-refractivity contribution in [2.75, 3.05) is 11.9 Å². The van der Waals surface area contributed by atoms with Crippen LogP contribution >= 0.6 is 0 Å². The molecule has 2 aromatic carbocycles. The van der Waals surface area contributed by atoms with Gasteiger partial charge in [-0.05, 0) is 17.7 Å². The van der Waals surface area contributed by atoms with E-state index in [1.165, 1.54) is 18.2 Å². The molecule has 0 saturated carbocycles. The van der Waals surface area contributed by atoms with E-state index in [0.717, 1.165) is 5.56 Å². The zero-order valence-corrected chi connectivity index (χ0v) is 11.6. The Hall–Kier alpha value is -3.15. The van der Waals surface area contributed by atoms with E-state index >= 15 is 0 Å². The van der Waals surface area contributed by atoms with E-state index in [1.54, 1.807) is 12.1 Å². The van der Waals surface area contributed by atoms with Crippen molar-refractivity contribution in [2.45, 2.75) is 0 Å². The van der Waals surface area contributed by atoms with Crippen molar-refractivity contribution in [3.05, 3.63) is 76.4 Å². The number of hydrogen-bond acceptors (Lipinski definition) is 4. The van der Waals surface area contributed by atoms with E-state index in [4.69, 9.17) is 4.74 Å². The monoisotopic (exact) mass is 298 g/mol. The summed E-state index contributed by atoms with van der Waals surface area (Å²) in [4.78, 5) is 21.9. The molecule has 22 heavy (non-hydrogen) atoms. The van der Waals surface area contributed by atoms with Crippen molar-refractivity contribution in [2.24, 2.45) is 0 Å². The molecule has 0 atom stereocenters. The van der Waals surface area contributed by atoms with Gasteiger partial charge in [0.1, 0.15) is 12.3 Å². The van der Waals surface area contributed by atoms with Crippen molar-refractivity contribution in [3.8, 4) is 0 Å². The first-order valence-corrected chi connectivity index (χ1v) is 6.55. The first-order valence-electron chi connectivity index (χ1n) is 6.55. The Morgan fingerprint density at radius 2 is 1.82 bits per heavy atom. The fourth-order valence-electron chi connectivity index (χ4n) is 1.76. The number of carbonyl (C=O) groups excluding carboxylic acids is 1. The van der Waals surface area contributed by atoms with Gasteiger partial charge in [-0.15, -0.1) is 0 Å². The minimum absolute atomic E-state index is 0.0708. The van der Waals surface area contributed by atoms with Crippen LogP contribution in [0.5, 0.6) is 0 Å². The van der Waals surface area contributed by atoms with Gasteiger partial charge in [0.2, 0.25) is 0 Å². The molecule has 0 aliphatic rings. The standard InChI is InChI=1S/C16H14N2O4/c19-16(17-14-10-4-5-11-15(14)18(20)21)22-12-6-9-13-7-2-1-3-8-13/h1-11H,12H2,(H,17,19)/b9-6-. The molecule has 1 amide bonds. The molecule has 0 aliphatic heterocycles. The maximum atomic E-state index is 11.6. The van der Waals surface area contributed by atoms with Gasteiger partial charge in [0.15, 0.2) is 0 Å². The van der Waals surface area contributed by atoms with Gasteiger partial charge in [-0.2, -0.15) is 0 Å². The molecular weight excluding hydrogens is 284 g/mol. The van der Waals surface area contributed by atoms with Crippen LogP contribution in [-0.4, -0.2) is 17.6 Å². The van der Waals surface area contributed by atoms with Crippen molar-refractivity contribution >= 4 is 23.5 Å². The van der Waals surface area contributed by atoms with Crippen LogP contribution in [0.1, 0.15) is 5.56 Å². The molecule has 0 aromatic heterocycles. The summed E-state index contributed by atoms with van der Waals surface area (Å²) in [6.45, 7) is 0.0708. The van der Waals surface area contributed by atoms with Crippen molar-refractivity contribution in [1.82, 2.24) is 0 Å². The van der Waals surface area contributed by atoms with Gasteiger partial charge in [0, 0.05) is 6.07 Å². The van der Waals surface area contributed by atoms with Gasteiger partial charge in [0.05, 0.1) is 4.92 Å². The number of nitro groups is 1.